The van der Waals surface area contributed by atoms with Crippen LogP contribution in [-0.2, 0) is 25.7 Å². The van der Waals surface area contributed by atoms with Crippen molar-refractivity contribution in [3.05, 3.63) is 120 Å². The molecule has 6 heteroatoms. The van der Waals surface area contributed by atoms with Gasteiger partial charge in [-0.1, -0.05) is 79.7 Å². The molecule has 0 aromatic carbocycles. The van der Waals surface area contributed by atoms with Crippen molar-refractivity contribution >= 4 is 0 Å². The van der Waals surface area contributed by atoms with E-state index in [9.17, 15) is 0 Å². The lowest BCUT2D eigenvalue weighted by atomic mass is 10.1. The molecule has 0 saturated carbocycles. The van der Waals surface area contributed by atoms with Crippen LogP contribution in [0.25, 0.3) is 0 Å². The molecule has 0 fully saturated rings. The first kappa shape index (κ1) is 43.5. The Morgan fingerprint density at radius 1 is 0.362 bits per heavy atom. The number of aromatic nitrogens is 4. The van der Waals surface area contributed by atoms with Gasteiger partial charge in [0.1, 0.15) is 0 Å². The Morgan fingerprint density at radius 2 is 0.596 bits per heavy atom. The van der Waals surface area contributed by atoms with E-state index in [1.807, 2.05) is 104 Å². The molecule has 0 amide bonds. The van der Waals surface area contributed by atoms with Crippen molar-refractivity contribution in [3.8, 4) is 0 Å². The van der Waals surface area contributed by atoms with E-state index in [0.29, 0.717) is 0 Å². The predicted octanol–water partition coefficient (Wildman–Crippen LogP) is 9.76. The van der Waals surface area contributed by atoms with Crippen LogP contribution < -0.4 is 0 Å². The fourth-order valence-corrected chi connectivity index (χ4v) is 4.91. The second-order valence-corrected chi connectivity index (χ2v) is 10.1. The van der Waals surface area contributed by atoms with E-state index in [2.05, 4.69) is 78.3 Å². The average molecular weight is 643 g/mol. The number of nitrogens with zero attached hydrogens (tertiary/aromatic N) is 6. The lowest BCUT2D eigenvalue weighted by Gasteiger charge is -2.31. The molecule has 4 aromatic rings. The summed E-state index contributed by atoms with van der Waals surface area (Å²) in [5, 5.41) is 0. The van der Waals surface area contributed by atoms with Crippen LogP contribution in [0.1, 0.15) is 104 Å². The van der Waals surface area contributed by atoms with Crippen molar-refractivity contribution in [3.63, 3.8) is 0 Å². The van der Waals surface area contributed by atoms with E-state index < -0.39 is 0 Å². The van der Waals surface area contributed by atoms with E-state index in [4.69, 9.17) is 0 Å². The zero-order valence-electron chi connectivity index (χ0n) is 31.1. The number of pyridine rings is 4. The van der Waals surface area contributed by atoms with Gasteiger partial charge < -0.3 is 0 Å². The van der Waals surface area contributed by atoms with Crippen LogP contribution in [0.4, 0.5) is 0 Å². The summed E-state index contributed by atoms with van der Waals surface area (Å²) in [4.78, 5) is 23.4. The molecule has 0 radical (unpaired) electrons. The Hall–Kier alpha value is -3.48. The molecule has 0 spiro atoms. The van der Waals surface area contributed by atoms with Crippen LogP contribution >= 0.6 is 0 Å². The summed E-state index contributed by atoms with van der Waals surface area (Å²) in [6.07, 6.45) is 16.0. The summed E-state index contributed by atoms with van der Waals surface area (Å²) in [5.74, 6) is 0. The van der Waals surface area contributed by atoms with Crippen LogP contribution in [0.2, 0.25) is 0 Å². The third-order valence-corrected chi connectivity index (χ3v) is 6.93. The van der Waals surface area contributed by atoms with Crippen LogP contribution in [0.15, 0.2) is 97.6 Å². The Morgan fingerprint density at radius 3 is 0.787 bits per heavy atom. The monoisotopic (exact) mass is 643 g/mol. The van der Waals surface area contributed by atoms with E-state index in [1.54, 1.807) is 0 Å². The molecule has 0 N–H and O–H groups in total. The highest BCUT2D eigenvalue weighted by Crippen LogP contribution is 2.09. The van der Waals surface area contributed by atoms with Crippen LogP contribution in [0.5, 0.6) is 0 Å². The molecule has 4 rings (SSSR count). The Kier molecular flexibility index (Phi) is 30.1. The lowest BCUT2D eigenvalue weighted by molar-refractivity contribution is 0.125. The smallest absolute Gasteiger partial charge is 0.0506 e. The molecule has 6 nitrogen and oxygen atoms in total. The maximum absolute atomic E-state index is 4.53. The van der Waals surface area contributed by atoms with Crippen molar-refractivity contribution < 1.29 is 0 Å². The van der Waals surface area contributed by atoms with Gasteiger partial charge in [-0.15, -0.1) is 0 Å². The minimum atomic E-state index is 0.981. The first-order chi connectivity index (χ1) is 23.3. The van der Waals surface area contributed by atoms with E-state index in [0.717, 1.165) is 84.2 Å². The Balaban J connectivity index is 0.00000246. The Bertz CT molecular complexity index is 960. The van der Waals surface area contributed by atoms with Gasteiger partial charge in [-0.25, -0.2) is 0 Å². The van der Waals surface area contributed by atoms with Gasteiger partial charge in [-0.2, -0.15) is 0 Å². The molecule has 260 valence electrons. The zero-order chi connectivity index (χ0) is 34.8. The molecule has 0 aliphatic heterocycles. The minimum absolute atomic E-state index is 0.981. The fourth-order valence-electron chi connectivity index (χ4n) is 4.91. The van der Waals surface area contributed by atoms with Gasteiger partial charge in [-0.05, 0) is 126 Å². The molecule has 0 aliphatic carbocycles. The van der Waals surface area contributed by atoms with Crippen LogP contribution in [-0.4, -0.2) is 62.6 Å². The quantitative estimate of drug-likeness (QED) is 0.101. The first-order valence-electron chi connectivity index (χ1n) is 18.4. The third kappa shape index (κ3) is 21.9. The summed E-state index contributed by atoms with van der Waals surface area (Å²) >= 11 is 0. The third-order valence-electron chi connectivity index (χ3n) is 6.93. The standard InChI is InChI=1S/C33H42N6.4C2H6/c1-5-21-34-30(13-1)17-9-25-38(26-10-18-31-14-2-6-22-35-31)29-39(27-11-19-32-15-3-7-23-36-32)28-12-20-33-16-4-8-24-37-33;4*1-2/h1-8,13-16,21-24H,9-12,17-20,25-29H2;4*1-2H3. The second-order valence-electron chi connectivity index (χ2n) is 10.1. The summed E-state index contributed by atoms with van der Waals surface area (Å²) < 4.78 is 0. The minimum Gasteiger partial charge on any atom is -0.290 e. The van der Waals surface area contributed by atoms with Crippen molar-refractivity contribution in [2.24, 2.45) is 0 Å². The molecule has 0 unspecified atom stereocenters. The van der Waals surface area contributed by atoms with Gasteiger partial charge in [0.2, 0.25) is 0 Å². The summed E-state index contributed by atoms with van der Waals surface area (Å²) in [5.41, 5.74) is 4.70. The summed E-state index contributed by atoms with van der Waals surface area (Å²) in [6, 6.07) is 24.8. The van der Waals surface area contributed by atoms with Gasteiger partial charge in [0.25, 0.3) is 0 Å². The first-order valence-corrected chi connectivity index (χ1v) is 18.4. The van der Waals surface area contributed by atoms with Gasteiger partial charge in [0, 0.05) is 47.6 Å². The summed E-state index contributed by atoms with van der Waals surface area (Å²) in [7, 11) is 0. The topological polar surface area (TPSA) is 58.0 Å². The van der Waals surface area contributed by atoms with Crippen LogP contribution in [0, 0.1) is 0 Å². The maximum atomic E-state index is 4.53. The highest BCUT2D eigenvalue weighted by molar-refractivity contribution is 5.06. The summed E-state index contributed by atoms with van der Waals surface area (Å²) in [6.45, 7) is 21.2. The number of hydrogen-bond acceptors (Lipinski definition) is 6. The molecule has 0 saturated heterocycles. The number of aryl methyl sites for hydroxylation is 4. The lowest BCUT2D eigenvalue weighted by Crippen LogP contribution is -2.40. The molecular formula is C41H66N6. The highest BCUT2D eigenvalue weighted by Gasteiger charge is 2.13. The zero-order valence-corrected chi connectivity index (χ0v) is 31.1. The molecule has 0 bridgehead atoms. The maximum Gasteiger partial charge on any atom is 0.0506 e. The van der Waals surface area contributed by atoms with Crippen LogP contribution in [0.3, 0.4) is 0 Å². The van der Waals surface area contributed by atoms with E-state index >= 15 is 0 Å². The van der Waals surface area contributed by atoms with E-state index in [1.165, 1.54) is 22.8 Å². The predicted molar refractivity (Wildman–Crippen MR) is 204 cm³/mol. The molecule has 47 heavy (non-hydrogen) atoms. The van der Waals surface area contributed by atoms with Crippen molar-refractivity contribution in [1.29, 1.82) is 0 Å². The van der Waals surface area contributed by atoms with Gasteiger partial charge in [0.05, 0.1) is 6.67 Å². The highest BCUT2D eigenvalue weighted by atomic mass is 15.3. The number of rotatable bonds is 18. The van der Waals surface area contributed by atoms with Crippen molar-refractivity contribution in [2.45, 2.75) is 107 Å². The molecule has 4 heterocycles. The van der Waals surface area contributed by atoms with E-state index in [-0.39, 0.29) is 0 Å². The SMILES string of the molecule is CC.CC.CC.CC.c1ccc(CCCN(CCCc2ccccn2)CN(CCCc2ccccn2)CCCc2ccccn2)nc1. The van der Waals surface area contributed by atoms with Crippen molar-refractivity contribution in [1.82, 2.24) is 29.7 Å². The molecular weight excluding hydrogens is 576 g/mol. The van der Waals surface area contributed by atoms with Gasteiger partial charge >= 0.3 is 0 Å². The van der Waals surface area contributed by atoms with Gasteiger partial charge in [0.15, 0.2) is 0 Å². The molecule has 4 aromatic heterocycles. The van der Waals surface area contributed by atoms with Gasteiger partial charge in [-0.3, -0.25) is 29.7 Å². The Labute approximate surface area is 289 Å². The normalized spacial score (nSPS) is 9.91. The fraction of sp³-hybridized carbons (Fsp3) is 0.512. The largest absolute Gasteiger partial charge is 0.290 e. The molecule has 0 aliphatic rings. The second kappa shape index (κ2) is 32.5. The average Bonchev–Trinajstić information content (AvgIpc) is 3.16. The van der Waals surface area contributed by atoms with Crippen molar-refractivity contribution in [2.75, 3.05) is 32.8 Å². The molecule has 0 atom stereocenters. The number of hydrogen-bond donors (Lipinski definition) is 0.